The van der Waals surface area contributed by atoms with Gasteiger partial charge >= 0.3 is 0 Å². The van der Waals surface area contributed by atoms with Gasteiger partial charge in [-0.05, 0) is 47.2 Å². The van der Waals surface area contributed by atoms with Crippen LogP contribution in [0.25, 0.3) is 10.8 Å². The molecule has 5 heteroatoms. The molecule has 3 aromatic rings. The third-order valence-corrected chi connectivity index (χ3v) is 6.92. The van der Waals surface area contributed by atoms with E-state index < -0.39 is 6.04 Å². The summed E-state index contributed by atoms with van der Waals surface area (Å²) >= 11 is 0. The van der Waals surface area contributed by atoms with Crippen LogP contribution in [0, 0.1) is 0 Å². The maximum absolute atomic E-state index is 13.8. The molecule has 2 amide bonds. The second-order valence-electron chi connectivity index (χ2n) is 9.07. The first-order valence-corrected chi connectivity index (χ1v) is 12.0. The van der Waals surface area contributed by atoms with E-state index in [9.17, 15) is 9.59 Å². The van der Waals surface area contributed by atoms with Crippen molar-refractivity contribution in [2.75, 3.05) is 6.61 Å². The molecule has 1 fully saturated rings. The summed E-state index contributed by atoms with van der Waals surface area (Å²) in [4.78, 5) is 28.8. The van der Waals surface area contributed by atoms with Crippen molar-refractivity contribution in [3.05, 3.63) is 77.4 Å². The zero-order valence-corrected chi connectivity index (χ0v) is 19.0. The lowest BCUT2D eigenvalue weighted by Gasteiger charge is -2.31. The number of nitrogens with zero attached hydrogens (tertiary/aromatic N) is 1. The number of benzene rings is 3. The average molecular weight is 443 g/mol. The Kier molecular flexibility index (Phi) is 6.03. The molecule has 0 saturated heterocycles. The maximum Gasteiger partial charge on any atom is 0.261 e. The van der Waals surface area contributed by atoms with Crippen LogP contribution < -0.4 is 10.1 Å². The van der Waals surface area contributed by atoms with E-state index in [2.05, 4.69) is 24.4 Å². The Hall–Kier alpha value is -3.34. The van der Waals surface area contributed by atoms with Crippen LogP contribution in [0.5, 0.6) is 5.75 Å². The Labute approximate surface area is 194 Å². The van der Waals surface area contributed by atoms with Crippen LogP contribution in [0.4, 0.5) is 0 Å². The minimum atomic E-state index is -0.743. The average Bonchev–Trinajstić information content (AvgIpc) is 3.31. The molecule has 1 N–H and O–H groups in total. The molecule has 0 aromatic heterocycles. The molecular formula is C28H30N2O3. The molecule has 1 unspecified atom stereocenters. The predicted molar refractivity (Wildman–Crippen MR) is 129 cm³/mol. The summed E-state index contributed by atoms with van der Waals surface area (Å²) in [5.41, 5.74) is 3.03. The van der Waals surface area contributed by atoms with E-state index in [-0.39, 0.29) is 24.5 Å². The van der Waals surface area contributed by atoms with Crippen molar-refractivity contribution < 1.29 is 14.3 Å². The molecule has 1 aliphatic carbocycles. The normalized spacial score (nSPS) is 18.6. The van der Waals surface area contributed by atoms with Gasteiger partial charge < -0.3 is 15.0 Å². The van der Waals surface area contributed by atoms with Gasteiger partial charge in [0.15, 0.2) is 6.61 Å². The van der Waals surface area contributed by atoms with E-state index in [0.29, 0.717) is 12.3 Å². The number of fused-ring (bicyclic) bond motifs is 3. The third kappa shape index (κ3) is 4.32. The zero-order chi connectivity index (χ0) is 22.8. The van der Waals surface area contributed by atoms with Crippen molar-refractivity contribution in [2.24, 2.45) is 0 Å². The standard InChI is InChI=1S/C28H30N2O3/c1-2-19-11-13-20(14-12-19)17-30-25(31)18-33-24-16-15-21-7-3-6-10-23(21)26(24)27(30)28(32)29-22-8-4-5-9-22/h3,6-7,10-16,22,27H,2,4-5,8-9,17-18H2,1H3,(H,29,32). The Morgan fingerprint density at radius 2 is 1.73 bits per heavy atom. The quantitative estimate of drug-likeness (QED) is 0.610. The molecule has 33 heavy (non-hydrogen) atoms. The molecule has 5 nitrogen and oxygen atoms in total. The second kappa shape index (κ2) is 9.26. The second-order valence-corrected chi connectivity index (χ2v) is 9.07. The van der Waals surface area contributed by atoms with Gasteiger partial charge in [-0.3, -0.25) is 9.59 Å². The number of aryl methyl sites for hydroxylation is 1. The minimum absolute atomic E-state index is 0.0778. The van der Waals surface area contributed by atoms with Gasteiger partial charge in [-0.25, -0.2) is 0 Å². The van der Waals surface area contributed by atoms with Gasteiger partial charge in [-0.1, -0.05) is 74.4 Å². The number of hydrogen-bond donors (Lipinski definition) is 1. The van der Waals surface area contributed by atoms with E-state index in [1.807, 2.05) is 48.5 Å². The van der Waals surface area contributed by atoms with Gasteiger partial charge in [0.1, 0.15) is 11.8 Å². The lowest BCUT2D eigenvalue weighted by Crippen LogP contribution is -2.46. The summed E-state index contributed by atoms with van der Waals surface area (Å²) in [6.07, 6.45) is 5.20. The van der Waals surface area contributed by atoms with Crippen LogP contribution in [0.3, 0.4) is 0 Å². The summed E-state index contributed by atoms with van der Waals surface area (Å²) in [5.74, 6) is 0.308. The van der Waals surface area contributed by atoms with Gasteiger partial charge in [-0.15, -0.1) is 0 Å². The molecular weight excluding hydrogens is 412 g/mol. The first-order chi connectivity index (χ1) is 16.1. The summed E-state index contributed by atoms with van der Waals surface area (Å²) < 4.78 is 5.95. The largest absolute Gasteiger partial charge is 0.483 e. The van der Waals surface area contributed by atoms with E-state index in [1.54, 1.807) is 4.90 Å². The Bertz CT molecular complexity index is 1170. The SMILES string of the molecule is CCc1ccc(CN2C(=O)COc3ccc4ccccc4c3C2C(=O)NC2CCCC2)cc1. The maximum atomic E-state index is 13.8. The molecule has 3 aromatic carbocycles. The van der Waals surface area contributed by atoms with Gasteiger partial charge in [0.05, 0.1) is 0 Å². The predicted octanol–water partition coefficient (Wildman–Crippen LogP) is 4.92. The highest BCUT2D eigenvalue weighted by Crippen LogP contribution is 2.39. The molecule has 0 spiro atoms. The highest BCUT2D eigenvalue weighted by atomic mass is 16.5. The minimum Gasteiger partial charge on any atom is -0.483 e. The molecule has 1 heterocycles. The highest BCUT2D eigenvalue weighted by molar-refractivity contribution is 5.97. The van der Waals surface area contributed by atoms with Gasteiger partial charge in [0, 0.05) is 18.2 Å². The first kappa shape index (κ1) is 21.5. The van der Waals surface area contributed by atoms with Crippen LogP contribution in [0.15, 0.2) is 60.7 Å². The van der Waals surface area contributed by atoms with E-state index in [0.717, 1.165) is 54.0 Å². The number of nitrogens with one attached hydrogen (secondary N) is 1. The van der Waals surface area contributed by atoms with Crippen molar-refractivity contribution in [1.29, 1.82) is 0 Å². The molecule has 0 radical (unpaired) electrons. The number of rotatable bonds is 5. The van der Waals surface area contributed by atoms with Crippen molar-refractivity contribution in [3.8, 4) is 5.75 Å². The number of hydrogen-bond acceptors (Lipinski definition) is 3. The molecule has 1 atom stereocenters. The number of ether oxygens (including phenoxy) is 1. The van der Waals surface area contributed by atoms with Crippen LogP contribution in [0.2, 0.25) is 0 Å². The number of carbonyl (C=O) groups excluding carboxylic acids is 2. The van der Waals surface area contributed by atoms with Crippen LogP contribution in [-0.2, 0) is 22.6 Å². The van der Waals surface area contributed by atoms with Crippen molar-refractivity contribution in [2.45, 2.75) is 57.7 Å². The third-order valence-electron chi connectivity index (χ3n) is 6.92. The Morgan fingerprint density at radius 1 is 1.00 bits per heavy atom. The number of amides is 2. The van der Waals surface area contributed by atoms with E-state index in [4.69, 9.17) is 4.74 Å². The molecule has 1 saturated carbocycles. The zero-order valence-electron chi connectivity index (χ0n) is 19.0. The molecule has 5 rings (SSSR count). The summed E-state index contributed by atoms with van der Waals surface area (Å²) in [6, 6.07) is 19.6. The molecule has 0 bridgehead atoms. The topological polar surface area (TPSA) is 58.6 Å². The first-order valence-electron chi connectivity index (χ1n) is 12.0. The monoisotopic (exact) mass is 442 g/mol. The summed E-state index contributed by atoms with van der Waals surface area (Å²) in [7, 11) is 0. The fourth-order valence-electron chi connectivity index (χ4n) is 5.09. The Morgan fingerprint density at radius 3 is 2.48 bits per heavy atom. The van der Waals surface area contributed by atoms with Gasteiger partial charge in [-0.2, -0.15) is 0 Å². The smallest absolute Gasteiger partial charge is 0.261 e. The summed E-state index contributed by atoms with van der Waals surface area (Å²) in [6.45, 7) is 2.40. The lowest BCUT2D eigenvalue weighted by molar-refractivity contribution is -0.142. The van der Waals surface area contributed by atoms with Crippen molar-refractivity contribution in [3.63, 3.8) is 0 Å². The van der Waals surface area contributed by atoms with E-state index in [1.165, 1.54) is 5.56 Å². The fourth-order valence-corrected chi connectivity index (χ4v) is 5.09. The highest BCUT2D eigenvalue weighted by Gasteiger charge is 2.38. The van der Waals surface area contributed by atoms with Crippen molar-refractivity contribution >= 4 is 22.6 Å². The molecule has 170 valence electrons. The van der Waals surface area contributed by atoms with Gasteiger partial charge in [0.2, 0.25) is 5.91 Å². The van der Waals surface area contributed by atoms with Crippen LogP contribution >= 0.6 is 0 Å². The molecule has 1 aliphatic heterocycles. The lowest BCUT2D eigenvalue weighted by atomic mass is 9.95. The van der Waals surface area contributed by atoms with Gasteiger partial charge in [0.25, 0.3) is 5.91 Å². The van der Waals surface area contributed by atoms with Crippen molar-refractivity contribution in [1.82, 2.24) is 10.2 Å². The number of carbonyl (C=O) groups is 2. The Balaban J connectivity index is 1.59. The fraction of sp³-hybridized carbons (Fsp3) is 0.357. The van der Waals surface area contributed by atoms with Crippen LogP contribution in [0.1, 0.15) is 55.3 Å². The van der Waals surface area contributed by atoms with Crippen LogP contribution in [-0.4, -0.2) is 29.4 Å². The van der Waals surface area contributed by atoms with E-state index >= 15 is 0 Å². The summed E-state index contributed by atoms with van der Waals surface area (Å²) in [5, 5.41) is 5.22. The molecule has 2 aliphatic rings.